The van der Waals surface area contributed by atoms with Crippen molar-refractivity contribution < 1.29 is 10.4 Å². The van der Waals surface area contributed by atoms with Gasteiger partial charge in [0, 0.05) is 5.22 Å². The number of fused-ring (bicyclic) bond motifs is 1. The second-order valence-corrected chi connectivity index (χ2v) is 6.57. The molecular formula is C16H17N4O2. The Morgan fingerprint density at radius 2 is 1.91 bits per heavy atom. The van der Waals surface area contributed by atoms with Gasteiger partial charge in [0.25, 0.3) is 0 Å². The summed E-state index contributed by atoms with van der Waals surface area (Å²) in [6, 6.07) is 7.21. The van der Waals surface area contributed by atoms with Crippen molar-refractivity contribution in [2.24, 2.45) is 4.99 Å². The Morgan fingerprint density at radius 1 is 1.23 bits per heavy atom. The fraction of sp³-hybridized carbons (Fsp3) is 0.375. The molecule has 2 aliphatic heterocycles. The SMILES string of the molecule is CC1(C)N([O])/C(=C2\C=c3cc(C#N)ccc3=N2)N(O)C1(C)C. The predicted molar refractivity (Wildman–Crippen MR) is 77.7 cm³/mol. The number of benzene rings is 1. The van der Waals surface area contributed by atoms with E-state index in [-0.39, 0.29) is 5.82 Å². The number of rotatable bonds is 0. The van der Waals surface area contributed by atoms with Crippen LogP contribution in [-0.4, -0.2) is 26.4 Å². The lowest BCUT2D eigenvalue weighted by molar-refractivity contribution is -0.181. The first-order chi connectivity index (χ1) is 10.2. The monoisotopic (exact) mass is 297 g/mol. The molecule has 1 aromatic rings. The van der Waals surface area contributed by atoms with E-state index >= 15 is 0 Å². The average molecular weight is 297 g/mol. The highest BCUT2D eigenvalue weighted by atomic mass is 16.6. The summed E-state index contributed by atoms with van der Waals surface area (Å²) in [7, 11) is 0. The van der Waals surface area contributed by atoms with Crippen LogP contribution in [0.3, 0.4) is 0 Å². The molecule has 2 heterocycles. The molecule has 0 atom stereocenters. The number of hydrogen-bond donors (Lipinski definition) is 1. The molecule has 6 nitrogen and oxygen atoms in total. The van der Waals surface area contributed by atoms with E-state index in [2.05, 4.69) is 11.1 Å². The lowest BCUT2D eigenvalue weighted by Gasteiger charge is -2.36. The summed E-state index contributed by atoms with van der Waals surface area (Å²) in [5, 5.41) is 35.3. The van der Waals surface area contributed by atoms with E-state index in [0.717, 1.165) is 15.3 Å². The summed E-state index contributed by atoms with van der Waals surface area (Å²) in [4.78, 5) is 4.41. The fourth-order valence-corrected chi connectivity index (χ4v) is 2.60. The third-order valence-electron chi connectivity index (χ3n) is 4.85. The molecule has 0 aliphatic carbocycles. The molecule has 0 spiro atoms. The number of nitrogens with zero attached hydrogens (tertiary/aromatic N) is 4. The molecule has 1 fully saturated rings. The van der Waals surface area contributed by atoms with Crippen LogP contribution in [-0.2, 0) is 5.21 Å². The maximum Gasteiger partial charge on any atom is 0.183 e. The highest BCUT2D eigenvalue weighted by Crippen LogP contribution is 2.44. The first-order valence-corrected chi connectivity index (χ1v) is 7.01. The van der Waals surface area contributed by atoms with Gasteiger partial charge < -0.3 is 0 Å². The molecule has 1 aromatic carbocycles. The molecule has 0 aromatic heterocycles. The number of nitriles is 1. The van der Waals surface area contributed by atoms with Gasteiger partial charge in [0.1, 0.15) is 5.70 Å². The van der Waals surface area contributed by atoms with Gasteiger partial charge in [-0.25, -0.2) is 10.1 Å². The molecule has 1 radical (unpaired) electrons. The van der Waals surface area contributed by atoms with Gasteiger partial charge in [-0.3, -0.25) is 5.21 Å². The zero-order valence-corrected chi connectivity index (χ0v) is 13.0. The first kappa shape index (κ1) is 14.6. The zero-order chi connectivity index (χ0) is 16.3. The van der Waals surface area contributed by atoms with Crippen molar-refractivity contribution in [2.45, 2.75) is 38.8 Å². The van der Waals surface area contributed by atoms with Gasteiger partial charge in [-0.1, -0.05) is 5.21 Å². The van der Waals surface area contributed by atoms with Gasteiger partial charge in [0.2, 0.25) is 0 Å². The largest absolute Gasteiger partial charge is 0.286 e. The number of allylic oxidation sites excluding steroid dienone is 1. The maximum atomic E-state index is 12.6. The highest BCUT2D eigenvalue weighted by Gasteiger charge is 2.57. The smallest absolute Gasteiger partial charge is 0.183 e. The number of hydrogen-bond acceptors (Lipinski definition) is 5. The molecule has 6 heteroatoms. The molecule has 0 saturated carbocycles. The van der Waals surface area contributed by atoms with E-state index in [9.17, 15) is 10.4 Å². The van der Waals surface area contributed by atoms with Gasteiger partial charge in [-0.15, -0.1) is 0 Å². The van der Waals surface area contributed by atoms with E-state index in [1.165, 1.54) is 0 Å². The van der Waals surface area contributed by atoms with Crippen LogP contribution in [0.2, 0.25) is 0 Å². The molecule has 1 N–H and O–H groups in total. The minimum atomic E-state index is -0.806. The van der Waals surface area contributed by atoms with Crippen LogP contribution >= 0.6 is 0 Å². The van der Waals surface area contributed by atoms with Crippen LogP contribution in [0.5, 0.6) is 0 Å². The van der Waals surface area contributed by atoms with Crippen molar-refractivity contribution in [1.82, 2.24) is 10.1 Å². The van der Waals surface area contributed by atoms with E-state index in [1.807, 2.05) is 0 Å². The first-order valence-electron chi connectivity index (χ1n) is 7.01. The van der Waals surface area contributed by atoms with Crippen LogP contribution in [0.15, 0.2) is 34.7 Å². The molecule has 113 valence electrons. The van der Waals surface area contributed by atoms with E-state index in [1.54, 1.807) is 52.0 Å². The molecule has 22 heavy (non-hydrogen) atoms. The molecule has 0 bridgehead atoms. The van der Waals surface area contributed by atoms with Crippen molar-refractivity contribution in [1.29, 1.82) is 5.26 Å². The van der Waals surface area contributed by atoms with Gasteiger partial charge in [0.05, 0.1) is 28.1 Å². The Kier molecular flexibility index (Phi) is 2.86. The normalized spacial score (nSPS) is 24.6. The van der Waals surface area contributed by atoms with Gasteiger partial charge in [-0.2, -0.15) is 10.3 Å². The quantitative estimate of drug-likeness (QED) is 0.776. The topological polar surface area (TPSA) is 82.8 Å². The Labute approximate surface area is 128 Å². The summed E-state index contributed by atoms with van der Waals surface area (Å²) in [5.41, 5.74) is -0.628. The van der Waals surface area contributed by atoms with Crippen molar-refractivity contribution in [3.8, 4) is 6.07 Å². The second-order valence-electron chi connectivity index (χ2n) is 6.57. The molecule has 3 rings (SSSR count). The molecule has 2 aliphatic rings. The predicted octanol–water partition coefficient (Wildman–Crippen LogP) is 1.05. The summed E-state index contributed by atoms with van der Waals surface area (Å²) >= 11 is 0. The zero-order valence-electron chi connectivity index (χ0n) is 13.0. The van der Waals surface area contributed by atoms with E-state index in [4.69, 9.17) is 5.26 Å². The fourth-order valence-electron chi connectivity index (χ4n) is 2.60. The van der Waals surface area contributed by atoms with Gasteiger partial charge in [0.15, 0.2) is 5.82 Å². The second kappa shape index (κ2) is 4.32. The molecule has 1 saturated heterocycles. The Bertz CT molecular complexity index is 824. The highest BCUT2D eigenvalue weighted by molar-refractivity contribution is 5.53. The summed E-state index contributed by atoms with van der Waals surface area (Å²) in [5.74, 6) is 0.129. The standard InChI is InChI=1S/C16H17N4O2/c1-15(2)16(3,4)20(22)14(19(15)21)13-8-11-7-10(9-17)5-6-12(11)18-13/h5-8,21H,1-4H3/b14-13+. The lowest BCUT2D eigenvalue weighted by Crippen LogP contribution is -2.52. The van der Waals surface area contributed by atoms with Crippen LogP contribution in [0, 0.1) is 11.3 Å². The van der Waals surface area contributed by atoms with Crippen LogP contribution < -0.4 is 10.6 Å². The Morgan fingerprint density at radius 3 is 2.45 bits per heavy atom. The van der Waals surface area contributed by atoms with E-state index < -0.39 is 11.1 Å². The summed E-state index contributed by atoms with van der Waals surface area (Å²) in [6.07, 6.45) is 1.72. The molecule has 0 amide bonds. The van der Waals surface area contributed by atoms with Crippen molar-refractivity contribution in [3.63, 3.8) is 0 Å². The van der Waals surface area contributed by atoms with Crippen LogP contribution in [0.4, 0.5) is 0 Å². The van der Waals surface area contributed by atoms with Gasteiger partial charge >= 0.3 is 0 Å². The lowest BCUT2D eigenvalue weighted by atomic mass is 9.84. The van der Waals surface area contributed by atoms with Crippen molar-refractivity contribution in [2.75, 3.05) is 0 Å². The van der Waals surface area contributed by atoms with Crippen molar-refractivity contribution in [3.05, 3.63) is 45.9 Å². The van der Waals surface area contributed by atoms with Crippen LogP contribution in [0.25, 0.3) is 6.08 Å². The summed E-state index contributed by atoms with van der Waals surface area (Å²) < 4.78 is 0. The number of hydroxylamine groups is 4. The van der Waals surface area contributed by atoms with Gasteiger partial charge in [-0.05, 0) is 52.0 Å². The minimum Gasteiger partial charge on any atom is -0.286 e. The molecule has 0 unspecified atom stereocenters. The minimum absolute atomic E-state index is 0.129. The third-order valence-corrected chi connectivity index (χ3v) is 4.85. The summed E-state index contributed by atoms with van der Waals surface area (Å²) in [6.45, 7) is 7.18. The van der Waals surface area contributed by atoms with E-state index in [0.29, 0.717) is 16.6 Å². The Balaban J connectivity index is 2.21. The average Bonchev–Trinajstić information content (AvgIpc) is 2.92. The maximum absolute atomic E-state index is 12.6. The third kappa shape index (κ3) is 1.70. The Hall–Kier alpha value is -2.36. The molecular weight excluding hydrogens is 280 g/mol. The van der Waals surface area contributed by atoms with Crippen molar-refractivity contribution >= 4 is 6.08 Å². The van der Waals surface area contributed by atoms with Crippen LogP contribution in [0.1, 0.15) is 33.3 Å².